The molecule has 2 N–H and O–H groups in total. The standard InChI is InChI=1S/C15H24F3N3O2/c16-15(17,18)7-8-19-14(23)20-13(22)6-10-21-9-2-4-11-3-1-5-12(11)21/h11-12H,1-10H2,(H2,19,20,22,23)/t11-,12+/m0/s1. The molecule has 1 saturated carbocycles. The highest BCUT2D eigenvalue weighted by Crippen LogP contribution is 2.36. The Morgan fingerprint density at radius 1 is 1.13 bits per heavy atom. The third-order valence-corrected chi connectivity index (χ3v) is 4.68. The Balaban J connectivity index is 1.63. The SMILES string of the molecule is O=C(CCN1CCC[C@@H]2CCC[C@H]21)NC(=O)NCCC(F)(F)F. The number of alkyl halides is 3. The Bertz CT molecular complexity index is 429. The molecular formula is C15H24F3N3O2. The van der Waals surface area contributed by atoms with Crippen molar-refractivity contribution in [2.24, 2.45) is 5.92 Å². The average Bonchev–Trinajstić information content (AvgIpc) is 2.92. The van der Waals surface area contributed by atoms with Gasteiger partial charge in [0.05, 0.1) is 6.42 Å². The molecule has 2 aliphatic rings. The van der Waals surface area contributed by atoms with E-state index < -0.39 is 31.1 Å². The number of carbonyl (C=O) groups excluding carboxylic acids is 2. The van der Waals surface area contributed by atoms with Crippen molar-refractivity contribution in [1.29, 1.82) is 0 Å². The quantitative estimate of drug-likeness (QED) is 0.811. The lowest BCUT2D eigenvalue weighted by atomic mass is 9.92. The number of carbonyl (C=O) groups is 2. The molecular weight excluding hydrogens is 311 g/mol. The lowest BCUT2D eigenvalue weighted by Gasteiger charge is -2.37. The van der Waals surface area contributed by atoms with Gasteiger partial charge in [-0.25, -0.2) is 4.79 Å². The number of nitrogens with one attached hydrogen (secondary N) is 2. The summed E-state index contributed by atoms with van der Waals surface area (Å²) in [6.07, 6.45) is 0.833. The fourth-order valence-electron chi connectivity index (χ4n) is 3.63. The number of amides is 3. The van der Waals surface area contributed by atoms with Gasteiger partial charge in [0.2, 0.25) is 5.91 Å². The molecule has 0 radical (unpaired) electrons. The predicted molar refractivity (Wildman–Crippen MR) is 78.8 cm³/mol. The van der Waals surface area contributed by atoms with E-state index in [1.54, 1.807) is 0 Å². The maximum absolute atomic E-state index is 12.0. The summed E-state index contributed by atoms with van der Waals surface area (Å²) in [4.78, 5) is 25.4. The van der Waals surface area contributed by atoms with Crippen LogP contribution in [-0.4, -0.2) is 48.7 Å². The predicted octanol–water partition coefficient (Wildman–Crippen LogP) is 2.42. The van der Waals surface area contributed by atoms with Crippen molar-refractivity contribution in [3.8, 4) is 0 Å². The van der Waals surface area contributed by atoms with Crippen LogP contribution in [0.3, 0.4) is 0 Å². The fraction of sp³-hybridized carbons (Fsp3) is 0.867. The number of hydrogen-bond acceptors (Lipinski definition) is 3. The minimum atomic E-state index is -4.32. The molecule has 0 unspecified atom stereocenters. The second kappa shape index (κ2) is 7.99. The van der Waals surface area contributed by atoms with Crippen LogP contribution in [0.5, 0.6) is 0 Å². The molecule has 2 atom stereocenters. The first-order valence-corrected chi connectivity index (χ1v) is 8.23. The smallest absolute Gasteiger partial charge is 0.337 e. The number of halogens is 3. The zero-order valence-corrected chi connectivity index (χ0v) is 13.1. The van der Waals surface area contributed by atoms with E-state index in [0.717, 1.165) is 18.9 Å². The van der Waals surface area contributed by atoms with E-state index >= 15 is 0 Å². The van der Waals surface area contributed by atoms with E-state index in [2.05, 4.69) is 10.2 Å². The molecule has 132 valence electrons. The maximum Gasteiger partial charge on any atom is 0.390 e. The van der Waals surface area contributed by atoms with Gasteiger partial charge >= 0.3 is 12.2 Å². The summed E-state index contributed by atoms with van der Waals surface area (Å²) in [5, 5.41) is 4.12. The van der Waals surface area contributed by atoms with Crippen LogP contribution >= 0.6 is 0 Å². The molecule has 1 saturated heterocycles. The fourth-order valence-corrected chi connectivity index (χ4v) is 3.63. The normalized spacial score (nSPS) is 25.0. The minimum absolute atomic E-state index is 0.190. The lowest BCUT2D eigenvalue weighted by Crippen LogP contribution is -2.45. The zero-order valence-electron chi connectivity index (χ0n) is 13.1. The lowest BCUT2D eigenvalue weighted by molar-refractivity contribution is -0.132. The van der Waals surface area contributed by atoms with Gasteiger partial charge in [-0.3, -0.25) is 15.0 Å². The third kappa shape index (κ3) is 6.01. The second-order valence-corrected chi connectivity index (χ2v) is 6.36. The topological polar surface area (TPSA) is 61.4 Å². The molecule has 2 rings (SSSR count). The van der Waals surface area contributed by atoms with E-state index in [0.29, 0.717) is 12.6 Å². The van der Waals surface area contributed by atoms with Crippen molar-refractivity contribution in [3.63, 3.8) is 0 Å². The van der Waals surface area contributed by atoms with Crippen LogP contribution in [0.25, 0.3) is 0 Å². The van der Waals surface area contributed by atoms with Gasteiger partial charge in [-0.2, -0.15) is 13.2 Å². The highest BCUT2D eigenvalue weighted by molar-refractivity contribution is 5.94. The summed E-state index contributed by atoms with van der Waals surface area (Å²) in [6, 6.07) is -0.311. The summed E-state index contributed by atoms with van der Waals surface area (Å²) >= 11 is 0. The summed E-state index contributed by atoms with van der Waals surface area (Å²) < 4.78 is 35.9. The molecule has 0 aromatic heterocycles. The number of likely N-dealkylation sites (tertiary alicyclic amines) is 1. The number of imide groups is 1. The molecule has 1 heterocycles. The van der Waals surface area contributed by atoms with E-state index in [-0.39, 0.29) is 6.42 Å². The molecule has 23 heavy (non-hydrogen) atoms. The van der Waals surface area contributed by atoms with Crippen LogP contribution in [0.15, 0.2) is 0 Å². The summed E-state index contributed by atoms with van der Waals surface area (Å²) in [7, 11) is 0. The van der Waals surface area contributed by atoms with Gasteiger partial charge in [0.25, 0.3) is 0 Å². The van der Waals surface area contributed by atoms with E-state index in [9.17, 15) is 22.8 Å². The first-order valence-electron chi connectivity index (χ1n) is 8.23. The van der Waals surface area contributed by atoms with Crippen LogP contribution in [-0.2, 0) is 4.79 Å². The highest BCUT2D eigenvalue weighted by atomic mass is 19.4. The van der Waals surface area contributed by atoms with Crippen molar-refractivity contribution in [2.45, 2.75) is 57.2 Å². The number of urea groups is 1. The van der Waals surface area contributed by atoms with Crippen LogP contribution in [0.4, 0.5) is 18.0 Å². The summed E-state index contributed by atoms with van der Waals surface area (Å²) in [5.41, 5.74) is 0. The molecule has 3 amide bonds. The Kier molecular flexibility index (Phi) is 6.26. The van der Waals surface area contributed by atoms with E-state index in [4.69, 9.17) is 0 Å². The van der Waals surface area contributed by atoms with Crippen LogP contribution in [0, 0.1) is 5.92 Å². The van der Waals surface area contributed by atoms with Crippen molar-refractivity contribution < 1.29 is 22.8 Å². The Morgan fingerprint density at radius 2 is 1.87 bits per heavy atom. The molecule has 0 aromatic carbocycles. The first-order chi connectivity index (χ1) is 10.8. The molecule has 8 heteroatoms. The van der Waals surface area contributed by atoms with E-state index in [1.807, 2.05) is 5.32 Å². The Labute approximate surface area is 134 Å². The van der Waals surface area contributed by atoms with Crippen LogP contribution in [0.1, 0.15) is 44.9 Å². The zero-order chi connectivity index (χ0) is 16.9. The van der Waals surface area contributed by atoms with Crippen molar-refractivity contribution in [3.05, 3.63) is 0 Å². The van der Waals surface area contributed by atoms with Crippen LogP contribution in [0.2, 0.25) is 0 Å². The van der Waals surface area contributed by atoms with Gasteiger partial charge in [0.15, 0.2) is 0 Å². The van der Waals surface area contributed by atoms with Crippen molar-refractivity contribution in [2.75, 3.05) is 19.6 Å². The van der Waals surface area contributed by atoms with Gasteiger partial charge in [0.1, 0.15) is 0 Å². The number of fused-ring (bicyclic) bond motifs is 1. The molecule has 0 spiro atoms. The van der Waals surface area contributed by atoms with Crippen molar-refractivity contribution in [1.82, 2.24) is 15.5 Å². The number of nitrogens with zero attached hydrogens (tertiary/aromatic N) is 1. The highest BCUT2D eigenvalue weighted by Gasteiger charge is 2.34. The average molecular weight is 335 g/mol. The monoisotopic (exact) mass is 335 g/mol. The van der Waals surface area contributed by atoms with Gasteiger partial charge in [-0.05, 0) is 38.1 Å². The van der Waals surface area contributed by atoms with Gasteiger partial charge < -0.3 is 5.32 Å². The molecule has 2 fully saturated rings. The number of piperidine rings is 1. The van der Waals surface area contributed by atoms with Crippen LogP contribution < -0.4 is 10.6 Å². The third-order valence-electron chi connectivity index (χ3n) is 4.68. The number of hydrogen-bond donors (Lipinski definition) is 2. The maximum atomic E-state index is 12.0. The largest absolute Gasteiger partial charge is 0.390 e. The van der Waals surface area contributed by atoms with Gasteiger partial charge in [-0.1, -0.05) is 6.42 Å². The molecule has 1 aliphatic carbocycles. The second-order valence-electron chi connectivity index (χ2n) is 6.36. The Hall–Kier alpha value is -1.31. The first kappa shape index (κ1) is 18.0. The summed E-state index contributed by atoms with van der Waals surface area (Å²) in [5.74, 6) is 0.284. The summed E-state index contributed by atoms with van der Waals surface area (Å²) in [6.45, 7) is 1.05. The molecule has 1 aliphatic heterocycles. The molecule has 5 nitrogen and oxygen atoms in total. The van der Waals surface area contributed by atoms with Crippen molar-refractivity contribution >= 4 is 11.9 Å². The van der Waals surface area contributed by atoms with Gasteiger partial charge in [-0.15, -0.1) is 0 Å². The molecule has 0 aromatic rings. The molecule has 0 bridgehead atoms. The number of rotatable bonds is 5. The Morgan fingerprint density at radius 3 is 2.61 bits per heavy atom. The minimum Gasteiger partial charge on any atom is -0.337 e. The van der Waals surface area contributed by atoms with E-state index in [1.165, 1.54) is 25.7 Å². The van der Waals surface area contributed by atoms with Gasteiger partial charge in [0, 0.05) is 25.6 Å².